The number of nitrogens with one attached hydrogen (secondary N) is 1. The lowest BCUT2D eigenvalue weighted by atomic mass is 9.93. The van der Waals surface area contributed by atoms with Crippen LogP contribution in [0.2, 0.25) is 0 Å². The Hall–Kier alpha value is -3.35. The zero-order valence-corrected chi connectivity index (χ0v) is 19.4. The van der Waals surface area contributed by atoms with E-state index < -0.39 is 5.54 Å². The first kappa shape index (κ1) is 22.8. The largest absolute Gasteiger partial charge is 0.484 e. The number of imidazole rings is 1. The van der Waals surface area contributed by atoms with Crippen LogP contribution in [0.4, 0.5) is 0 Å². The number of hydrogen-bond acceptors (Lipinski definition) is 4. The number of rotatable bonds is 7. The van der Waals surface area contributed by atoms with Crippen LogP contribution in [-0.4, -0.2) is 51.3 Å². The standard InChI is InChI=1S/C26H32N4O3/c1-26(2,28-23(31)19-33-22-10-4-3-5-11-22)25(32)30-15-6-8-20(12-16-30)18-21-9-7-14-29-17-13-27-24(21)29/h3-5,7,9-11,13-14,17,20H,6,8,12,15-16,18-19H2,1-2H3,(H,28,31)/t20-/m1/s1. The number of para-hydroxylation sites is 1. The molecule has 0 bridgehead atoms. The maximum atomic E-state index is 13.2. The molecular weight excluding hydrogens is 416 g/mol. The van der Waals surface area contributed by atoms with Crippen molar-refractivity contribution in [2.24, 2.45) is 5.92 Å². The first-order valence-electron chi connectivity index (χ1n) is 11.6. The fourth-order valence-electron chi connectivity index (χ4n) is 4.55. The molecular formula is C26H32N4O3. The van der Waals surface area contributed by atoms with Crippen LogP contribution in [-0.2, 0) is 16.0 Å². The first-order chi connectivity index (χ1) is 15.9. The highest BCUT2D eigenvalue weighted by Gasteiger charge is 2.34. The highest BCUT2D eigenvalue weighted by Crippen LogP contribution is 2.25. The number of likely N-dealkylation sites (tertiary alicyclic amines) is 1. The molecule has 2 amide bonds. The molecule has 33 heavy (non-hydrogen) atoms. The third-order valence-electron chi connectivity index (χ3n) is 6.24. The Balaban J connectivity index is 1.30. The number of ether oxygens (including phenoxy) is 1. The van der Waals surface area contributed by atoms with Gasteiger partial charge in [-0.3, -0.25) is 9.59 Å². The molecule has 7 nitrogen and oxygen atoms in total. The van der Waals surface area contributed by atoms with Gasteiger partial charge in [-0.05, 0) is 69.2 Å². The molecule has 2 aromatic heterocycles. The SMILES string of the molecule is CC(C)(NC(=O)COc1ccccc1)C(=O)N1CCC[C@@H](Cc2cccn3ccnc23)CC1. The van der Waals surface area contributed by atoms with Gasteiger partial charge >= 0.3 is 0 Å². The van der Waals surface area contributed by atoms with Crippen molar-refractivity contribution >= 4 is 17.5 Å². The Morgan fingerprint density at radius 1 is 1.09 bits per heavy atom. The molecule has 1 atom stereocenters. The van der Waals surface area contributed by atoms with E-state index in [1.54, 1.807) is 26.0 Å². The maximum Gasteiger partial charge on any atom is 0.258 e. The second-order valence-corrected chi connectivity index (χ2v) is 9.26. The molecule has 7 heteroatoms. The van der Waals surface area contributed by atoms with Gasteiger partial charge in [0.25, 0.3) is 5.91 Å². The number of benzene rings is 1. The minimum atomic E-state index is -0.988. The summed E-state index contributed by atoms with van der Waals surface area (Å²) in [6, 6.07) is 13.4. The van der Waals surface area contributed by atoms with Crippen LogP contribution < -0.4 is 10.1 Å². The molecule has 3 aromatic rings. The van der Waals surface area contributed by atoms with Crippen LogP contribution in [0.25, 0.3) is 5.65 Å². The fraction of sp³-hybridized carbons (Fsp3) is 0.423. The fourth-order valence-corrected chi connectivity index (χ4v) is 4.55. The quantitative estimate of drug-likeness (QED) is 0.600. The van der Waals surface area contributed by atoms with Gasteiger partial charge in [0.2, 0.25) is 5.91 Å². The van der Waals surface area contributed by atoms with E-state index in [0.717, 1.165) is 31.3 Å². The van der Waals surface area contributed by atoms with E-state index in [1.807, 2.05) is 41.7 Å². The molecule has 1 aliphatic heterocycles. The third kappa shape index (κ3) is 5.72. The molecule has 1 saturated heterocycles. The summed E-state index contributed by atoms with van der Waals surface area (Å²) >= 11 is 0. The molecule has 0 aliphatic carbocycles. The van der Waals surface area contributed by atoms with Crippen LogP contribution in [0.1, 0.15) is 38.7 Å². The predicted molar refractivity (Wildman–Crippen MR) is 127 cm³/mol. The molecule has 1 fully saturated rings. The van der Waals surface area contributed by atoms with Gasteiger partial charge in [-0.1, -0.05) is 24.3 Å². The number of aromatic nitrogens is 2. The van der Waals surface area contributed by atoms with E-state index in [9.17, 15) is 9.59 Å². The molecule has 0 radical (unpaired) electrons. The lowest BCUT2D eigenvalue weighted by Gasteiger charge is -2.32. The Labute approximate surface area is 194 Å². The Morgan fingerprint density at radius 2 is 1.91 bits per heavy atom. The first-order valence-corrected chi connectivity index (χ1v) is 11.6. The van der Waals surface area contributed by atoms with E-state index >= 15 is 0 Å². The van der Waals surface area contributed by atoms with Gasteiger partial charge in [0.05, 0.1) is 0 Å². The van der Waals surface area contributed by atoms with E-state index in [1.165, 1.54) is 5.56 Å². The summed E-state index contributed by atoms with van der Waals surface area (Å²) in [4.78, 5) is 32.0. The summed E-state index contributed by atoms with van der Waals surface area (Å²) in [5.74, 6) is 0.772. The molecule has 0 unspecified atom stereocenters. The number of amides is 2. The monoisotopic (exact) mass is 448 g/mol. The normalized spacial score (nSPS) is 16.9. The van der Waals surface area contributed by atoms with Crippen LogP contribution in [0.5, 0.6) is 5.75 Å². The van der Waals surface area contributed by atoms with Crippen molar-refractivity contribution in [1.29, 1.82) is 0 Å². The van der Waals surface area contributed by atoms with Crippen molar-refractivity contribution < 1.29 is 14.3 Å². The van der Waals surface area contributed by atoms with Crippen molar-refractivity contribution in [3.05, 3.63) is 66.6 Å². The van der Waals surface area contributed by atoms with E-state index in [2.05, 4.69) is 26.8 Å². The van der Waals surface area contributed by atoms with E-state index in [0.29, 0.717) is 24.8 Å². The van der Waals surface area contributed by atoms with Gasteiger partial charge in [-0.2, -0.15) is 0 Å². The van der Waals surface area contributed by atoms with E-state index in [4.69, 9.17) is 4.74 Å². The lowest BCUT2D eigenvalue weighted by Crippen LogP contribution is -2.57. The number of carbonyl (C=O) groups is 2. The number of pyridine rings is 1. The zero-order valence-electron chi connectivity index (χ0n) is 19.4. The number of nitrogens with zero attached hydrogens (tertiary/aromatic N) is 3. The van der Waals surface area contributed by atoms with Gasteiger partial charge in [-0.25, -0.2) is 4.98 Å². The Kier molecular flexibility index (Phi) is 6.96. The topological polar surface area (TPSA) is 75.9 Å². The van der Waals surface area contributed by atoms with Gasteiger partial charge in [0, 0.05) is 31.7 Å². The predicted octanol–water partition coefficient (Wildman–Crippen LogP) is 3.48. The molecule has 174 valence electrons. The minimum absolute atomic E-state index is 0.0495. The van der Waals surface area contributed by atoms with E-state index in [-0.39, 0.29) is 18.4 Å². The highest BCUT2D eigenvalue weighted by molar-refractivity contribution is 5.91. The molecule has 1 N–H and O–H groups in total. The summed E-state index contributed by atoms with van der Waals surface area (Å²) in [6.07, 6.45) is 9.73. The average molecular weight is 449 g/mol. The van der Waals surface area contributed by atoms with Gasteiger partial charge in [0.15, 0.2) is 6.61 Å². The second-order valence-electron chi connectivity index (χ2n) is 9.26. The van der Waals surface area contributed by atoms with Crippen LogP contribution in [0.15, 0.2) is 61.1 Å². The highest BCUT2D eigenvalue weighted by atomic mass is 16.5. The van der Waals surface area contributed by atoms with Gasteiger partial charge in [-0.15, -0.1) is 0 Å². The van der Waals surface area contributed by atoms with Crippen molar-refractivity contribution in [3.8, 4) is 5.75 Å². The third-order valence-corrected chi connectivity index (χ3v) is 6.24. The minimum Gasteiger partial charge on any atom is -0.484 e. The van der Waals surface area contributed by atoms with Crippen molar-refractivity contribution in [1.82, 2.24) is 19.6 Å². The number of fused-ring (bicyclic) bond motifs is 1. The van der Waals surface area contributed by atoms with Crippen molar-refractivity contribution in [2.45, 2.75) is 45.1 Å². The van der Waals surface area contributed by atoms with Crippen LogP contribution in [0, 0.1) is 5.92 Å². The number of carbonyl (C=O) groups excluding carboxylic acids is 2. The molecule has 0 saturated carbocycles. The Morgan fingerprint density at radius 3 is 2.73 bits per heavy atom. The Bertz CT molecular complexity index is 1090. The zero-order chi connectivity index (χ0) is 23.3. The maximum absolute atomic E-state index is 13.2. The van der Waals surface area contributed by atoms with Gasteiger partial charge < -0.3 is 19.4 Å². The molecule has 3 heterocycles. The molecule has 0 spiro atoms. The van der Waals surface area contributed by atoms with Crippen LogP contribution in [0.3, 0.4) is 0 Å². The van der Waals surface area contributed by atoms with Crippen molar-refractivity contribution in [3.63, 3.8) is 0 Å². The summed E-state index contributed by atoms with van der Waals surface area (Å²) in [6.45, 7) is 4.81. The number of hydrogen-bond donors (Lipinski definition) is 1. The molecule has 1 aliphatic rings. The average Bonchev–Trinajstić information content (AvgIpc) is 3.18. The second kappa shape index (κ2) is 10.1. The molecule has 4 rings (SSSR count). The summed E-state index contributed by atoms with van der Waals surface area (Å²) in [7, 11) is 0. The lowest BCUT2D eigenvalue weighted by molar-refractivity contribution is -0.140. The van der Waals surface area contributed by atoms with Crippen LogP contribution >= 0.6 is 0 Å². The smallest absolute Gasteiger partial charge is 0.258 e. The van der Waals surface area contributed by atoms with Crippen molar-refractivity contribution in [2.75, 3.05) is 19.7 Å². The summed E-state index contributed by atoms with van der Waals surface area (Å²) in [5.41, 5.74) is 1.27. The summed E-state index contributed by atoms with van der Waals surface area (Å²) < 4.78 is 7.56. The molecule has 1 aromatic carbocycles. The summed E-state index contributed by atoms with van der Waals surface area (Å²) in [5, 5.41) is 2.85. The van der Waals surface area contributed by atoms with Gasteiger partial charge in [0.1, 0.15) is 16.9 Å².